The van der Waals surface area contributed by atoms with E-state index in [4.69, 9.17) is 4.74 Å². The first kappa shape index (κ1) is 14.4. The summed E-state index contributed by atoms with van der Waals surface area (Å²) in [6, 6.07) is 7.87. The van der Waals surface area contributed by atoms with Crippen molar-refractivity contribution in [3.05, 3.63) is 34.3 Å². The van der Waals surface area contributed by atoms with Crippen molar-refractivity contribution in [1.29, 1.82) is 0 Å². The minimum absolute atomic E-state index is 0.213. The van der Waals surface area contributed by atoms with Crippen molar-refractivity contribution >= 4 is 21.7 Å². The third-order valence-electron chi connectivity index (χ3n) is 2.87. The van der Waals surface area contributed by atoms with Gasteiger partial charge in [0.25, 0.3) is 0 Å². The molecule has 1 aromatic carbocycles. The molecule has 94 valence electrons. The van der Waals surface area contributed by atoms with Crippen molar-refractivity contribution in [1.82, 2.24) is 0 Å². The molecular weight excluding hydrogens is 280 g/mol. The lowest BCUT2D eigenvalue weighted by molar-refractivity contribution is -0.119. The summed E-state index contributed by atoms with van der Waals surface area (Å²) in [4.78, 5) is 11.8. The van der Waals surface area contributed by atoms with Crippen LogP contribution in [0, 0.1) is 0 Å². The first-order valence-corrected chi connectivity index (χ1v) is 6.53. The monoisotopic (exact) mass is 298 g/mol. The average Bonchev–Trinajstić information content (AvgIpc) is 2.30. The van der Waals surface area contributed by atoms with Gasteiger partial charge in [-0.3, -0.25) is 4.79 Å². The molecule has 0 fully saturated rings. The fourth-order valence-corrected chi connectivity index (χ4v) is 1.73. The highest BCUT2D eigenvalue weighted by atomic mass is 79.9. The van der Waals surface area contributed by atoms with Crippen LogP contribution < -0.4 is 0 Å². The van der Waals surface area contributed by atoms with Crippen LogP contribution in [-0.2, 0) is 16.0 Å². The first-order chi connectivity index (χ1) is 7.93. The number of benzene rings is 1. The summed E-state index contributed by atoms with van der Waals surface area (Å²) in [5.41, 5.74) is 0.850. The summed E-state index contributed by atoms with van der Waals surface area (Å²) >= 11 is 3.38. The molecule has 0 radical (unpaired) electrons. The number of Topliss-reactive ketones (excluding diaryl/α,β-unsaturated/α-hetero) is 1. The predicted octanol–water partition coefficient (Wildman–Crippen LogP) is 3.77. The van der Waals surface area contributed by atoms with E-state index in [9.17, 15) is 4.79 Å². The number of halogens is 1. The number of carbonyl (C=O) groups is 1. The van der Waals surface area contributed by atoms with Gasteiger partial charge in [0.1, 0.15) is 5.78 Å². The molecule has 1 rings (SSSR count). The normalized spacial score (nSPS) is 11.5. The maximum Gasteiger partial charge on any atom is 0.137 e. The Hall–Kier alpha value is -0.670. The molecule has 2 nitrogen and oxygen atoms in total. The zero-order valence-electron chi connectivity index (χ0n) is 10.6. The van der Waals surface area contributed by atoms with Gasteiger partial charge in [0.05, 0.1) is 5.60 Å². The van der Waals surface area contributed by atoms with Gasteiger partial charge in [0.15, 0.2) is 0 Å². The SMILES string of the molecule is COC(C)(C)CCC(=O)Cc1ccc(Br)cc1. The molecule has 1 aromatic rings. The summed E-state index contributed by atoms with van der Waals surface area (Å²) in [5.74, 6) is 0.262. The van der Waals surface area contributed by atoms with Crippen LogP contribution in [-0.4, -0.2) is 18.5 Å². The molecule has 0 atom stereocenters. The van der Waals surface area contributed by atoms with E-state index < -0.39 is 0 Å². The van der Waals surface area contributed by atoms with Crippen molar-refractivity contribution in [3.63, 3.8) is 0 Å². The van der Waals surface area contributed by atoms with E-state index in [1.807, 2.05) is 38.1 Å². The van der Waals surface area contributed by atoms with E-state index in [1.54, 1.807) is 7.11 Å². The number of ketones is 1. The Kier molecular flexibility index (Phi) is 5.34. The molecule has 0 heterocycles. The Morgan fingerprint density at radius 2 is 1.88 bits per heavy atom. The molecule has 0 aliphatic heterocycles. The quantitative estimate of drug-likeness (QED) is 0.799. The maximum absolute atomic E-state index is 11.8. The minimum atomic E-state index is -0.213. The van der Waals surface area contributed by atoms with Crippen LogP contribution in [0.1, 0.15) is 32.3 Å². The summed E-state index contributed by atoms with van der Waals surface area (Å²) in [6.45, 7) is 4.00. The Labute approximate surface area is 111 Å². The zero-order chi connectivity index (χ0) is 12.9. The van der Waals surface area contributed by atoms with E-state index >= 15 is 0 Å². The second-order valence-electron chi connectivity index (χ2n) is 4.81. The minimum Gasteiger partial charge on any atom is -0.379 e. The van der Waals surface area contributed by atoms with Crippen molar-refractivity contribution in [2.45, 2.75) is 38.7 Å². The van der Waals surface area contributed by atoms with Crippen LogP contribution in [0.3, 0.4) is 0 Å². The fraction of sp³-hybridized carbons (Fsp3) is 0.500. The van der Waals surface area contributed by atoms with Gasteiger partial charge in [-0.05, 0) is 38.0 Å². The lowest BCUT2D eigenvalue weighted by atomic mass is 9.98. The van der Waals surface area contributed by atoms with E-state index in [0.717, 1.165) is 16.5 Å². The van der Waals surface area contributed by atoms with Gasteiger partial charge >= 0.3 is 0 Å². The van der Waals surface area contributed by atoms with Gasteiger partial charge in [0.2, 0.25) is 0 Å². The number of methoxy groups -OCH3 is 1. The van der Waals surface area contributed by atoms with Crippen LogP contribution in [0.25, 0.3) is 0 Å². The number of carbonyl (C=O) groups excluding carboxylic acids is 1. The van der Waals surface area contributed by atoms with Gasteiger partial charge in [-0.25, -0.2) is 0 Å². The topological polar surface area (TPSA) is 26.3 Å². The van der Waals surface area contributed by atoms with Crippen LogP contribution in [0.5, 0.6) is 0 Å². The predicted molar refractivity (Wildman–Crippen MR) is 73.2 cm³/mol. The largest absolute Gasteiger partial charge is 0.379 e. The molecule has 0 amide bonds. The number of hydrogen-bond acceptors (Lipinski definition) is 2. The summed E-state index contributed by atoms with van der Waals surface area (Å²) in [7, 11) is 1.68. The summed E-state index contributed by atoms with van der Waals surface area (Å²) in [6.07, 6.45) is 1.84. The van der Waals surface area contributed by atoms with Crippen LogP contribution >= 0.6 is 15.9 Å². The number of hydrogen-bond donors (Lipinski definition) is 0. The van der Waals surface area contributed by atoms with Crippen LogP contribution in [0.4, 0.5) is 0 Å². The summed E-state index contributed by atoms with van der Waals surface area (Å²) in [5, 5.41) is 0. The second kappa shape index (κ2) is 6.31. The van der Waals surface area contributed by atoms with Crippen molar-refractivity contribution in [2.75, 3.05) is 7.11 Å². The maximum atomic E-state index is 11.8. The van der Waals surface area contributed by atoms with Crippen molar-refractivity contribution in [2.24, 2.45) is 0 Å². The molecule has 0 spiro atoms. The standard InChI is InChI=1S/C14H19BrO2/c1-14(2,17-3)9-8-13(16)10-11-4-6-12(15)7-5-11/h4-7H,8-10H2,1-3H3. The number of ether oxygens (including phenoxy) is 1. The van der Waals surface area contributed by atoms with Crippen LogP contribution in [0.15, 0.2) is 28.7 Å². The molecule has 0 saturated heterocycles. The molecule has 0 saturated carbocycles. The molecule has 0 bridgehead atoms. The highest BCUT2D eigenvalue weighted by molar-refractivity contribution is 9.10. The highest BCUT2D eigenvalue weighted by Gasteiger charge is 2.17. The lowest BCUT2D eigenvalue weighted by Crippen LogP contribution is -2.23. The molecule has 3 heteroatoms. The summed E-state index contributed by atoms with van der Waals surface area (Å²) < 4.78 is 6.33. The van der Waals surface area contributed by atoms with Crippen LogP contribution in [0.2, 0.25) is 0 Å². The molecule has 0 aliphatic carbocycles. The van der Waals surface area contributed by atoms with Gasteiger partial charge in [0, 0.05) is 24.4 Å². The highest BCUT2D eigenvalue weighted by Crippen LogP contribution is 2.17. The zero-order valence-corrected chi connectivity index (χ0v) is 12.2. The van der Waals surface area contributed by atoms with Gasteiger partial charge in [-0.1, -0.05) is 28.1 Å². The Morgan fingerprint density at radius 3 is 2.41 bits per heavy atom. The van der Waals surface area contributed by atoms with Gasteiger partial charge in [-0.2, -0.15) is 0 Å². The van der Waals surface area contributed by atoms with E-state index in [-0.39, 0.29) is 11.4 Å². The van der Waals surface area contributed by atoms with E-state index in [2.05, 4.69) is 15.9 Å². The fourth-order valence-electron chi connectivity index (χ4n) is 1.46. The molecule has 0 aromatic heterocycles. The third-order valence-corrected chi connectivity index (χ3v) is 3.40. The first-order valence-electron chi connectivity index (χ1n) is 5.74. The Balaban J connectivity index is 2.42. The van der Waals surface area contributed by atoms with Gasteiger partial charge < -0.3 is 4.74 Å². The third kappa shape index (κ3) is 5.46. The smallest absolute Gasteiger partial charge is 0.137 e. The number of rotatable bonds is 6. The molecular formula is C14H19BrO2. The Bertz CT molecular complexity index is 368. The van der Waals surface area contributed by atoms with Crippen molar-refractivity contribution < 1.29 is 9.53 Å². The molecule has 0 aliphatic rings. The van der Waals surface area contributed by atoms with Crippen molar-refractivity contribution in [3.8, 4) is 0 Å². The van der Waals surface area contributed by atoms with E-state index in [0.29, 0.717) is 12.8 Å². The second-order valence-corrected chi connectivity index (χ2v) is 5.72. The van der Waals surface area contributed by atoms with Gasteiger partial charge in [-0.15, -0.1) is 0 Å². The average molecular weight is 299 g/mol. The van der Waals surface area contributed by atoms with E-state index in [1.165, 1.54) is 0 Å². The lowest BCUT2D eigenvalue weighted by Gasteiger charge is -2.22. The molecule has 0 N–H and O–H groups in total. The molecule has 0 unspecified atom stereocenters. The Morgan fingerprint density at radius 1 is 1.29 bits per heavy atom. The molecule has 17 heavy (non-hydrogen) atoms.